The normalized spacial score (nSPS) is 11.4. The van der Waals surface area contributed by atoms with E-state index in [9.17, 15) is 9.90 Å². The first kappa shape index (κ1) is 19.9. The summed E-state index contributed by atoms with van der Waals surface area (Å²) < 4.78 is 16.8. The van der Waals surface area contributed by atoms with E-state index in [1.165, 1.54) is 0 Å². The Labute approximate surface area is 183 Å². The topological polar surface area (TPSA) is 105 Å². The van der Waals surface area contributed by atoms with Gasteiger partial charge in [0.1, 0.15) is 17.1 Å². The molecule has 0 aliphatic heterocycles. The van der Waals surface area contributed by atoms with Crippen molar-refractivity contribution < 1.29 is 18.4 Å². The molecule has 0 saturated carbocycles. The van der Waals surface area contributed by atoms with E-state index in [1.807, 2.05) is 55.5 Å². The Morgan fingerprint density at radius 2 is 1.84 bits per heavy atom. The molecule has 0 atom stereocenters. The van der Waals surface area contributed by atoms with Crippen molar-refractivity contribution in [1.29, 1.82) is 0 Å². The molecule has 5 rings (SSSR count). The minimum Gasteiger partial charge on any atom is -0.492 e. The smallest absolute Gasteiger partial charge is 0.419 e. The maximum atomic E-state index is 11.1. The molecule has 32 heavy (non-hydrogen) atoms. The van der Waals surface area contributed by atoms with Gasteiger partial charge < -0.3 is 18.4 Å². The van der Waals surface area contributed by atoms with E-state index in [0.29, 0.717) is 24.5 Å². The van der Waals surface area contributed by atoms with Crippen LogP contribution in [0.4, 0.5) is 0 Å². The molecule has 2 N–H and O–H groups in total. The lowest BCUT2D eigenvalue weighted by Gasteiger charge is -2.00. The Morgan fingerprint density at radius 1 is 1.00 bits per heavy atom. The fourth-order valence-electron chi connectivity index (χ4n) is 3.83. The van der Waals surface area contributed by atoms with Crippen molar-refractivity contribution in [3.05, 3.63) is 93.7 Å². The van der Waals surface area contributed by atoms with E-state index in [1.54, 1.807) is 0 Å². The van der Waals surface area contributed by atoms with E-state index >= 15 is 0 Å². The number of rotatable bonds is 7. The van der Waals surface area contributed by atoms with Gasteiger partial charge in [-0.15, -0.1) is 0 Å². The lowest BCUT2D eigenvalue weighted by molar-refractivity contribution is 0.417. The molecule has 0 fully saturated rings. The molecule has 3 aromatic heterocycles. The third kappa shape index (κ3) is 4.09. The molecule has 0 amide bonds. The monoisotopic (exact) mass is 430 g/mol. The summed E-state index contributed by atoms with van der Waals surface area (Å²) >= 11 is 0. The number of aryl methyl sites for hydroxylation is 3. The van der Waals surface area contributed by atoms with Crippen molar-refractivity contribution in [2.24, 2.45) is 0 Å². The van der Waals surface area contributed by atoms with Gasteiger partial charge in [-0.3, -0.25) is 4.98 Å². The molecule has 5 aromatic rings. The Morgan fingerprint density at radius 3 is 2.62 bits per heavy atom. The number of hydrogen-bond donors (Lipinski definition) is 2. The lowest BCUT2D eigenvalue weighted by Crippen LogP contribution is -1.93. The van der Waals surface area contributed by atoms with Gasteiger partial charge in [-0.2, -0.15) is 0 Å². The molecule has 2 aromatic carbocycles. The molecular formula is C25H22N2O5. The quantitative estimate of drug-likeness (QED) is 0.370. The fourth-order valence-corrected chi connectivity index (χ4v) is 3.83. The molecular weight excluding hydrogens is 408 g/mol. The predicted octanol–water partition coefficient (Wildman–Crippen LogP) is 5.15. The van der Waals surface area contributed by atoms with Crippen LogP contribution in [0, 0.1) is 6.92 Å². The van der Waals surface area contributed by atoms with Crippen LogP contribution in [-0.2, 0) is 19.3 Å². The number of oxazole rings is 2. The van der Waals surface area contributed by atoms with Crippen LogP contribution in [0.1, 0.15) is 35.0 Å². The number of aromatic nitrogens is 2. The van der Waals surface area contributed by atoms with Crippen LogP contribution >= 0.6 is 0 Å². The van der Waals surface area contributed by atoms with Gasteiger partial charge in [-0.25, -0.2) is 9.78 Å². The van der Waals surface area contributed by atoms with Gasteiger partial charge in [-0.1, -0.05) is 24.3 Å². The molecule has 7 nitrogen and oxygen atoms in total. The molecule has 3 heterocycles. The minimum absolute atomic E-state index is 0.191. The number of nitrogens with zero attached hydrogens (tertiary/aromatic N) is 1. The predicted molar refractivity (Wildman–Crippen MR) is 119 cm³/mol. The highest BCUT2D eigenvalue weighted by atomic mass is 16.4. The summed E-state index contributed by atoms with van der Waals surface area (Å²) in [6.45, 7) is 1.92. The number of H-pyrrole nitrogens is 1. The highest BCUT2D eigenvalue weighted by molar-refractivity contribution is 5.78. The number of furan rings is 1. The molecule has 0 unspecified atom stereocenters. The zero-order valence-electron chi connectivity index (χ0n) is 17.6. The highest BCUT2D eigenvalue weighted by Crippen LogP contribution is 2.27. The Bertz CT molecular complexity index is 1420. The van der Waals surface area contributed by atoms with Crippen molar-refractivity contribution in [1.82, 2.24) is 9.97 Å². The maximum absolute atomic E-state index is 11.1. The molecule has 0 radical (unpaired) electrons. The molecule has 0 spiro atoms. The number of fused-ring (bicyclic) bond motifs is 1. The van der Waals surface area contributed by atoms with E-state index in [-0.39, 0.29) is 5.88 Å². The van der Waals surface area contributed by atoms with Crippen molar-refractivity contribution in [2.45, 2.75) is 32.6 Å². The molecule has 162 valence electrons. The third-order valence-corrected chi connectivity index (χ3v) is 5.46. The number of nitrogens with one attached hydrogen (secondary N) is 1. The van der Waals surface area contributed by atoms with Gasteiger partial charge in [0.05, 0.1) is 12.1 Å². The van der Waals surface area contributed by atoms with Crippen LogP contribution in [0.25, 0.3) is 22.4 Å². The molecule has 0 aliphatic carbocycles. The first-order chi connectivity index (χ1) is 15.5. The highest BCUT2D eigenvalue weighted by Gasteiger charge is 2.14. The first-order valence-electron chi connectivity index (χ1n) is 10.5. The van der Waals surface area contributed by atoms with Crippen LogP contribution in [0.2, 0.25) is 0 Å². The van der Waals surface area contributed by atoms with Crippen molar-refractivity contribution in [3.8, 4) is 17.3 Å². The van der Waals surface area contributed by atoms with Gasteiger partial charge in [0.2, 0.25) is 11.8 Å². The average Bonchev–Trinajstić information content (AvgIpc) is 3.45. The van der Waals surface area contributed by atoms with Crippen molar-refractivity contribution in [3.63, 3.8) is 0 Å². The number of aromatic amines is 1. The zero-order valence-corrected chi connectivity index (χ0v) is 17.6. The second-order valence-electron chi connectivity index (χ2n) is 7.79. The van der Waals surface area contributed by atoms with Crippen LogP contribution in [0.3, 0.4) is 0 Å². The largest absolute Gasteiger partial charge is 0.492 e. The van der Waals surface area contributed by atoms with Gasteiger partial charge in [-0.05, 0) is 55.7 Å². The average molecular weight is 430 g/mol. The van der Waals surface area contributed by atoms with Crippen LogP contribution in [0.15, 0.2) is 72.6 Å². The van der Waals surface area contributed by atoms with Gasteiger partial charge >= 0.3 is 5.76 Å². The molecule has 0 bridgehead atoms. The molecule has 7 heteroatoms. The summed E-state index contributed by atoms with van der Waals surface area (Å²) in [5, 5.41) is 10.6. The zero-order chi connectivity index (χ0) is 22.1. The van der Waals surface area contributed by atoms with Crippen LogP contribution in [-0.4, -0.2) is 15.1 Å². The van der Waals surface area contributed by atoms with Crippen molar-refractivity contribution in [2.75, 3.05) is 0 Å². The lowest BCUT2D eigenvalue weighted by atomic mass is 10.1. The summed E-state index contributed by atoms with van der Waals surface area (Å²) in [6.07, 6.45) is 2.56. The minimum atomic E-state index is -0.636. The van der Waals surface area contributed by atoms with E-state index in [2.05, 4.69) is 16.0 Å². The summed E-state index contributed by atoms with van der Waals surface area (Å²) in [4.78, 5) is 18.0. The van der Waals surface area contributed by atoms with E-state index in [0.717, 1.165) is 52.2 Å². The second-order valence-corrected chi connectivity index (χ2v) is 7.79. The second kappa shape index (κ2) is 8.26. The fraction of sp³-hybridized carbons (Fsp3) is 0.200. The molecule has 0 aliphatic rings. The Hall–Kier alpha value is -4.00. The van der Waals surface area contributed by atoms with E-state index < -0.39 is 5.76 Å². The van der Waals surface area contributed by atoms with Crippen LogP contribution < -0.4 is 5.76 Å². The van der Waals surface area contributed by atoms with E-state index in [4.69, 9.17) is 13.3 Å². The van der Waals surface area contributed by atoms with Crippen LogP contribution in [0.5, 0.6) is 5.88 Å². The Kier molecular flexibility index (Phi) is 5.15. The standard InChI is InChI=1S/C25H22N2O5/c1-15-20(26-24(30-15)17-7-3-2-4-8-17)14-19-13-18-12-16(10-11-21(18)31-19)6-5-9-22-23(28)27-25(29)32-22/h2-4,7-8,10-13,28H,5-6,9,14H2,1H3,(H,27,29). The third-order valence-electron chi connectivity index (χ3n) is 5.46. The van der Waals surface area contributed by atoms with Crippen molar-refractivity contribution >= 4 is 11.0 Å². The Balaban J connectivity index is 1.28. The number of benzene rings is 2. The van der Waals surface area contributed by atoms with Gasteiger partial charge in [0, 0.05) is 17.4 Å². The van der Waals surface area contributed by atoms with Gasteiger partial charge in [0.15, 0.2) is 5.76 Å². The summed E-state index contributed by atoms with van der Waals surface area (Å²) in [6, 6.07) is 18.0. The number of hydrogen-bond acceptors (Lipinski definition) is 6. The first-order valence-corrected chi connectivity index (χ1v) is 10.5. The maximum Gasteiger partial charge on any atom is 0.419 e. The van der Waals surface area contributed by atoms with Gasteiger partial charge in [0.25, 0.3) is 0 Å². The number of aromatic hydroxyl groups is 1. The summed E-state index contributed by atoms with van der Waals surface area (Å²) in [5.74, 6) is 1.68. The summed E-state index contributed by atoms with van der Waals surface area (Å²) in [5.41, 5.74) is 3.77. The molecule has 0 saturated heterocycles. The summed E-state index contributed by atoms with van der Waals surface area (Å²) in [7, 11) is 0. The SMILES string of the molecule is Cc1oc(-c2ccccc2)nc1Cc1cc2cc(CCCc3oc(=O)[nH]c3O)ccc2o1.